The number of amides is 1. The van der Waals surface area contributed by atoms with E-state index in [1.54, 1.807) is 7.05 Å². The van der Waals surface area contributed by atoms with Crippen molar-refractivity contribution >= 4 is 11.9 Å². The predicted octanol–water partition coefficient (Wildman–Crippen LogP) is -1.98. The van der Waals surface area contributed by atoms with Gasteiger partial charge in [0.2, 0.25) is 5.91 Å². The zero-order valence-electron chi connectivity index (χ0n) is 5.72. The van der Waals surface area contributed by atoms with E-state index < -0.39 is 0 Å². The first kappa shape index (κ1) is 7.01. The predicted molar refractivity (Wildman–Crippen MR) is 37.5 cm³/mol. The van der Waals surface area contributed by atoms with Gasteiger partial charge >= 0.3 is 0 Å². The molecule has 0 saturated heterocycles. The summed E-state index contributed by atoms with van der Waals surface area (Å²) in [6.45, 7) is 0.425. The summed E-state index contributed by atoms with van der Waals surface area (Å²) < 4.78 is 0. The Kier molecular flexibility index (Phi) is 1.86. The van der Waals surface area contributed by atoms with Crippen LogP contribution in [-0.2, 0) is 4.79 Å². The van der Waals surface area contributed by atoms with Crippen LogP contribution in [0.3, 0.4) is 0 Å². The third-order valence-corrected chi connectivity index (χ3v) is 1.36. The van der Waals surface area contributed by atoms with Gasteiger partial charge in [0.15, 0.2) is 5.96 Å². The lowest BCUT2D eigenvalue weighted by atomic mass is 10.2. The van der Waals surface area contributed by atoms with Crippen LogP contribution in [0.1, 0.15) is 0 Å². The van der Waals surface area contributed by atoms with Crippen LogP contribution in [0.2, 0.25) is 0 Å². The van der Waals surface area contributed by atoms with E-state index in [1.807, 2.05) is 0 Å². The summed E-state index contributed by atoms with van der Waals surface area (Å²) in [7, 11) is 1.71. The molecule has 1 heterocycles. The zero-order valence-corrected chi connectivity index (χ0v) is 5.72. The van der Waals surface area contributed by atoms with Crippen molar-refractivity contribution in [3.8, 4) is 0 Å². The molecule has 56 valence electrons. The summed E-state index contributed by atoms with van der Waals surface area (Å²) in [6.07, 6.45) is 0. The molecule has 5 nitrogen and oxygen atoms in total. The molecular formula is C5H10N4O. The lowest BCUT2D eigenvalue weighted by Crippen LogP contribution is -2.53. The van der Waals surface area contributed by atoms with Crippen molar-refractivity contribution in [1.82, 2.24) is 10.6 Å². The smallest absolute Gasteiger partial charge is 0.245 e. The van der Waals surface area contributed by atoms with Crippen LogP contribution in [0.25, 0.3) is 0 Å². The maximum absolute atomic E-state index is 10.9. The van der Waals surface area contributed by atoms with Crippen molar-refractivity contribution in [2.75, 3.05) is 13.6 Å². The molecule has 1 atom stereocenters. The van der Waals surface area contributed by atoms with Gasteiger partial charge in [-0.2, -0.15) is 0 Å². The van der Waals surface area contributed by atoms with E-state index in [2.05, 4.69) is 15.6 Å². The molecule has 5 heteroatoms. The van der Waals surface area contributed by atoms with Gasteiger partial charge in [0.05, 0.1) is 6.54 Å². The van der Waals surface area contributed by atoms with Gasteiger partial charge in [-0.15, -0.1) is 0 Å². The molecule has 0 saturated carbocycles. The first-order valence-corrected chi connectivity index (χ1v) is 3.02. The highest BCUT2D eigenvalue weighted by atomic mass is 16.2. The van der Waals surface area contributed by atoms with E-state index in [0.717, 1.165) is 0 Å². The van der Waals surface area contributed by atoms with E-state index in [0.29, 0.717) is 6.54 Å². The Morgan fingerprint density at radius 2 is 2.60 bits per heavy atom. The maximum atomic E-state index is 10.9. The summed E-state index contributed by atoms with van der Waals surface area (Å²) in [5.74, 6) is 0.0894. The number of carbonyl (C=O) groups is 1. The Bertz CT molecular complexity index is 176. The third kappa shape index (κ3) is 1.24. The minimum atomic E-state index is -0.229. The number of nitrogens with one attached hydrogen (secondary N) is 2. The molecule has 0 radical (unpaired) electrons. The number of nitrogens with zero attached hydrogens (tertiary/aromatic N) is 1. The quantitative estimate of drug-likeness (QED) is 0.397. The molecule has 0 aromatic heterocycles. The Balaban J connectivity index is 2.61. The van der Waals surface area contributed by atoms with Gasteiger partial charge < -0.3 is 11.1 Å². The number of hydrogen-bond donors (Lipinski definition) is 3. The number of likely N-dealkylation sites (N-methyl/N-ethyl adjacent to an activating group) is 1. The number of guanidine groups is 1. The van der Waals surface area contributed by atoms with E-state index in [1.165, 1.54) is 0 Å². The van der Waals surface area contributed by atoms with Crippen LogP contribution in [0.15, 0.2) is 4.99 Å². The van der Waals surface area contributed by atoms with Gasteiger partial charge in [0, 0.05) is 0 Å². The minimum Gasteiger partial charge on any atom is -0.370 e. The molecule has 0 aliphatic carbocycles. The SMILES string of the molecule is CNC1CN=C(N)NC1=O. The van der Waals surface area contributed by atoms with Gasteiger partial charge in [-0.05, 0) is 7.05 Å². The van der Waals surface area contributed by atoms with Crippen LogP contribution in [0.5, 0.6) is 0 Å². The van der Waals surface area contributed by atoms with Crippen molar-refractivity contribution in [3.63, 3.8) is 0 Å². The standard InChI is InChI=1S/C5H10N4O/c1-7-3-2-8-5(6)9-4(3)10/h3,7H,2H2,1H3,(H3,6,8,9,10). The Morgan fingerprint density at radius 3 is 3.10 bits per heavy atom. The monoisotopic (exact) mass is 142 g/mol. The highest BCUT2D eigenvalue weighted by Gasteiger charge is 2.20. The van der Waals surface area contributed by atoms with Crippen molar-refractivity contribution < 1.29 is 4.79 Å². The Hall–Kier alpha value is -1.10. The number of aliphatic imine (C=N–C) groups is 1. The molecule has 10 heavy (non-hydrogen) atoms. The Labute approximate surface area is 58.7 Å². The van der Waals surface area contributed by atoms with Crippen LogP contribution in [0.4, 0.5) is 0 Å². The lowest BCUT2D eigenvalue weighted by Gasteiger charge is -2.17. The fourth-order valence-corrected chi connectivity index (χ4v) is 0.748. The fraction of sp³-hybridized carbons (Fsp3) is 0.600. The van der Waals surface area contributed by atoms with Crippen molar-refractivity contribution in [1.29, 1.82) is 0 Å². The van der Waals surface area contributed by atoms with E-state index in [4.69, 9.17) is 5.73 Å². The summed E-state index contributed by atoms with van der Waals surface area (Å²) in [6, 6.07) is -0.229. The zero-order chi connectivity index (χ0) is 7.56. The van der Waals surface area contributed by atoms with Crippen molar-refractivity contribution in [3.05, 3.63) is 0 Å². The molecule has 0 fully saturated rings. The number of nitrogens with two attached hydrogens (primary N) is 1. The molecule has 1 aliphatic rings. The largest absolute Gasteiger partial charge is 0.370 e. The van der Waals surface area contributed by atoms with Crippen LogP contribution in [0, 0.1) is 0 Å². The first-order chi connectivity index (χ1) is 4.74. The fourth-order valence-electron chi connectivity index (χ4n) is 0.748. The number of rotatable bonds is 1. The summed E-state index contributed by atoms with van der Waals surface area (Å²) in [4.78, 5) is 14.7. The van der Waals surface area contributed by atoms with E-state index >= 15 is 0 Å². The van der Waals surface area contributed by atoms with Gasteiger partial charge in [-0.3, -0.25) is 15.1 Å². The molecule has 0 spiro atoms. The van der Waals surface area contributed by atoms with Gasteiger partial charge in [0.1, 0.15) is 6.04 Å². The average Bonchev–Trinajstić information content (AvgIpc) is 1.88. The summed E-state index contributed by atoms with van der Waals surface area (Å²) in [5.41, 5.74) is 5.23. The minimum absolute atomic E-state index is 0.116. The molecule has 1 amide bonds. The molecular weight excluding hydrogens is 132 g/mol. The maximum Gasteiger partial charge on any atom is 0.245 e. The van der Waals surface area contributed by atoms with Crippen molar-refractivity contribution in [2.45, 2.75) is 6.04 Å². The second-order valence-corrected chi connectivity index (χ2v) is 2.06. The van der Waals surface area contributed by atoms with Gasteiger partial charge in [0.25, 0.3) is 0 Å². The summed E-state index contributed by atoms with van der Waals surface area (Å²) >= 11 is 0. The highest BCUT2D eigenvalue weighted by Crippen LogP contribution is 1.89. The molecule has 1 aliphatic heterocycles. The number of carbonyl (C=O) groups excluding carboxylic acids is 1. The average molecular weight is 142 g/mol. The van der Waals surface area contributed by atoms with Gasteiger partial charge in [-0.25, -0.2) is 0 Å². The van der Waals surface area contributed by atoms with Crippen molar-refractivity contribution in [2.24, 2.45) is 10.7 Å². The molecule has 4 N–H and O–H groups in total. The molecule has 0 aromatic carbocycles. The molecule has 1 rings (SSSR count). The van der Waals surface area contributed by atoms with Crippen LogP contribution in [-0.4, -0.2) is 31.5 Å². The summed E-state index contributed by atoms with van der Waals surface area (Å²) in [5, 5.41) is 5.21. The Morgan fingerprint density at radius 1 is 1.90 bits per heavy atom. The lowest BCUT2D eigenvalue weighted by molar-refractivity contribution is -0.121. The third-order valence-electron chi connectivity index (χ3n) is 1.36. The van der Waals surface area contributed by atoms with Crippen LogP contribution < -0.4 is 16.4 Å². The second-order valence-electron chi connectivity index (χ2n) is 2.06. The normalized spacial score (nSPS) is 25.5. The molecule has 1 unspecified atom stereocenters. The van der Waals surface area contributed by atoms with E-state index in [9.17, 15) is 4.79 Å². The highest BCUT2D eigenvalue weighted by molar-refractivity contribution is 6.00. The second kappa shape index (κ2) is 2.66. The van der Waals surface area contributed by atoms with Gasteiger partial charge in [-0.1, -0.05) is 0 Å². The first-order valence-electron chi connectivity index (χ1n) is 3.02. The molecule has 0 bridgehead atoms. The van der Waals surface area contributed by atoms with Crippen LogP contribution >= 0.6 is 0 Å². The van der Waals surface area contributed by atoms with E-state index in [-0.39, 0.29) is 17.9 Å². The number of hydrogen-bond acceptors (Lipinski definition) is 4. The topological polar surface area (TPSA) is 79.5 Å². The molecule has 0 aromatic rings.